The van der Waals surface area contributed by atoms with Crippen LogP contribution in [0.3, 0.4) is 0 Å². The van der Waals surface area contributed by atoms with E-state index < -0.39 is 5.97 Å². The number of allylic oxidation sites excluding steroid dienone is 1. The van der Waals surface area contributed by atoms with Gasteiger partial charge < -0.3 is 5.11 Å². The van der Waals surface area contributed by atoms with Crippen molar-refractivity contribution in [2.45, 2.75) is 32.1 Å². The van der Waals surface area contributed by atoms with Crippen molar-refractivity contribution in [1.82, 2.24) is 4.98 Å². The van der Waals surface area contributed by atoms with Crippen LogP contribution in [-0.4, -0.2) is 16.1 Å². The molecule has 0 aromatic carbocycles. The monoisotopic (exact) mass is 217 g/mol. The Morgan fingerprint density at radius 3 is 2.94 bits per heavy atom. The molecule has 3 heteroatoms. The summed E-state index contributed by atoms with van der Waals surface area (Å²) in [5.41, 5.74) is 2.13. The van der Waals surface area contributed by atoms with E-state index in [9.17, 15) is 9.90 Å². The zero-order valence-electron chi connectivity index (χ0n) is 9.31. The number of carbonyl (C=O) groups is 1. The van der Waals surface area contributed by atoms with E-state index in [0.717, 1.165) is 30.5 Å². The molecule has 1 aromatic heterocycles. The normalized spacial score (nSPS) is 16.2. The minimum atomic E-state index is -0.864. The van der Waals surface area contributed by atoms with E-state index in [2.05, 4.69) is 4.98 Å². The van der Waals surface area contributed by atoms with Gasteiger partial charge >= 0.3 is 5.97 Å². The lowest BCUT2D eigenvalue weighted by Crippen LogP contribution is -2.04. The predicted octanol–water partition coefficient (Wildman–Crippen LogP) is 2.84. The third-order valence-corrected chi connectivity index (χ3v) is 2.73. The number of carboxylic acids is 1. The number of hydrogen-bond donors (Lipinski definition) is 1. The highest BCUT2D eigenvalue weighted by Gasteiger charge is 2.29. The molecule has 1 heterocycles. The highest BCUT2D eigenvalue weighted by molar-refractivity contribution is 6.15. The van der Waals surface area contributed by atoms with E-state index in [1.165, 1.54) is 0 Å². The SMILES string of the molecule is CC/C=C(/C(=O)O)c1cccnc1C1CC1. The van der Waals surface area contributed by atoms with Crippen molar-refractivity contribution < 1.29 is 9.90 Å². The summed E-state index contributed by atoms with van der Waals surface area (Å²) in [6, 6.07) is 3.66. The second-order valence-corrected chi connectivity index (χ2v) is 4.04. The van der Waals surface area contributed by atoms with Crippen LogP contribution < -0.4 is 0 Å². The Bertz CT molecular complexity index is 433. The molecular weight excluding hydrogens is 202 g/mol. The number of pyridine rings is 1. The lowest BCUT2D eigenvalue weighted by atomic mass is 10.0. The van der Waals surface area contributed by atoms with Crippen molar-refractivity contribution >= 4 is 11.5 Å². The molecule has 0 atom stereocenters. The van der Waals surface area contributed by atoms with Crippen LogP contribution in [0.25, 0.3) is 5.57 Å². The van der Waals surface area contributed by atoms with Gasteiger partial charge in [-0.1, -0.05) is 19.1 Å². The van der Waals surface area contributed by atoms with Gasteiger partial charge in [-0.05, 0) is 25.3 Å². The second-order valence-electron chi connectivity index (χ2n) is 4.04. The molecule has 0 saturated heterocycles. The van der Waals surface area contributed by atoms with Gasteiger partial charge in [0.05, 0.1) is 11.3 Å². The van der Waals surface area contributed by atoms with Gasteiger partial charge in [-0.15, -0.1) is 0 Å². The fourth-order valence-electron chi connectivity index (χ4n) is 1.84. The third-order valence-electron chi connectivity index (χ3n) is 2.73. The first-order valence-corrected chi connectivity index (χ1v) is 5.62. The van der Waals surface area contributed by atoms with E-state index in [4.69, 9.17) is 0 Å². The van der Waals surface area contributed by atoms with Crippen molar-refractivity contribution in [1.29, 1.82) is 0 Å². The first-order chi connectivity index (χ1) is 7.74. The average molecular weight is 217 g/mol. The molecule has 1 aromatic rings. The van der Waals surface area contributed by atoms with Crippen LogP contribution in [0.15, 0.2) is 24.4 Å². The minimum Gasteiger partial charge on any atom is -0.478 e. The summed E-state index contributed by atoms with van der Waals surface area (Å²) in [5, 5.41) is 9.19. The third kappa shape index (κ3) is 2.13. The van der Waals surface area contributed by atoms with E-state index in [-0.39, 0.29) is 0 Å². The van der Waals surface area contributed by atoms with Gasteiger partial charge in [0.15, 0.2) is 0 Å². The second kappa shape index (κ2) is 4.47. The minimum absolute atomic E-state index is 0.387. The van der Waals surface area contributed by atoms with Crippen molar-refractivity contribution in [3.63, 3.8) is 0 Å². The maximum Gasteiger partial charge on any atom is 0.336 e. The van der Waals surface area contributed by atoms with E-state index >= 15 is 0 Å². The smallest absolute Gasteiger partial charge is 0.336 e. The molecule has 2 rings (SSSR count). The van der Waals surface area contributed by atoms with Crippen LogP contribution in [0.1, 0.15) is 43.4 Å². The number of aromatic nitrogens is 1. The van der Waals surface area contributed by atoms with Crippen LogP contribution in [0.5, 0.6) is 0 Å². The van der Waals surface area contributed by atoms with Crippen LogP contribution in [0.2, 0.25) is 0 Å². The van der Waals surface area contributed by atoms with E-state index in [1.54, 1.807) is 18.3 Å². The number of carboxylic acid groups (broad SMARTS) is 1. The molecule has 84 valence electrons. The van der Waals surface area contributed by atoms with E-state index in [0.29, 0.717) is 11.5 Å². The van der Waals surface area contributed by atoms with Crippen LogP contribution in [0, 0.1) is 0 Å². The molecule has 1 saturated carbocycles. The summed E-state index contributed by atoms with van der Waals surface area (Å²) in [7, 11) is 0. The van der Waals surface area contributed by atoms with Crippen molar-refractivity contribution in [2.75, 3.05) is 0 Å². The maximum absolute atomic E-state index is 11.2. The molecule has 1 aliphatic carbocycles. The topological polar surface area (TPSA) is 50.2 Å². The Hall–Kier alpha value is -1.64. The summed E-state index contributed by atoms with van der Waals surface area (Å²) in [6.45, 7) is 1.94. The molecule has 3 nitrogen and oxygen atoms in total. The molecule has 0 spiro atoms. The summed E-state index contributed by atoms with van der Waals surface area (Å²) in [6.07, 6.45) is 6.47. The van der Waals surface area contributed by atoms with Gasteiger partial charge in [0.2, 0.25) is 0 Å². The molecule has 0 aliphatic heterocycles. The zero-order chi connectivity index (χ0) is 11.5. The Kier molecular flexibility index (Phi) is 3.04. The lowest BCUT2D eigenvalue weighted by molar-refractivity contribution is -0.130. The molecule has 0 unspecified atom stereocenters. The standard InChI is InChI=1S/C13H15NO2/c1-2-4-11(13(15)16)10-5-3-8-14-12(10)9-6-7-9/h3-5,8-9H,2,6-7H2,1H3,(H,15,16)/b11-4+. The average Bonchev–Trinajstić information content (AvgIpc) is 3.09. The summed E-state index contributed by atoms with van der Waals surface area (Å²) in [5.74, 6) is -0.396. The largest absolute Gasteiger partial charge is 0.478 e. The summed E-state index contributed by atoms with van der Waals surface area (Å²) < 4.78 is 0. The van der Waals surface area contributed by atoms with Gasteiger partial charge in [-0.3, -0.25) is 4.98 Å². The molecule has 16 heavy (non-hydrogen) atoms. The number of hydrogen-bond acceptors (Lipinski definition) is 2. The molecule has 0 bridgehead atoms. The van der Waals surface area contributed by atoms with Crippen molar-refractivity contribution in [3.8, 4) is 0 Å². The molecule has 0 radical (unpaired) electrons. The maximum atomic E-state index is 11.2. The van der Waals surface area contributed by atoms with Crippen LogP contribution in [0.4, 0.5) is 0 Å². The highest BCUT2D eigenvalue weighted by Crippen LogP contribution is 2.41. The highest BCUT2D eigenvalue weighted by atomic mass is 16.4. The summed E-state index contributed by atoms with van der Waals surface area (Å²) in [4.78, 5) is 15.5. The fraction of sp³-hybridized carbons (Fsp3) is 0.385. The number of rotatable bonds is 4. The van der Waals surface area contributed by atoms with Crippen LogP contribution in [-0.2, 0) is 4.79 Å². The molecule has 1 aliphatic rings. The Balaban J connectivity index is 2.44. The van der Waals surface area contributed by atoms with Crippen molar-refractivity contribution in [3.05, 3.63) is 35.7 Å². The molecule has 0 amide bonds. The van der Waals surface area contributed by atoms with Gasteiger partial charge in [-0.2, -0.15) is 0 Å². The molecule has 1 N–H and O–H groups in total. The summed E-state index contributed by atoms with van der Waals surface area (Å²) >= 11 is 0. The van der Waals surface area contributed by atoms with Crippen molar-refractivity contribution in [2.24, 2.45) is 0 Å². The Morgan fingerprint density at radius 2 is 2.38 bits per heavy atom. The number of nitrogens with zero attached hydrogens (tertiary/aromatic N) is 1. The van der Waals surface area contributed by atoms with Gasteiger partial charge in [-0.25, -0.2) is 4.79 Å². The van der Waals surface area contributed by atoms with Gasteiger partial charge in [0.25, 0.3) is 0 Å². The lowest BCUT2D eigenvalue weighted by Gasteiger charge is -2.07. The molecular formula is C13H15NO2. The first-order valence-electron chi connectivity index (χ1n) is 5.62. The van der Waals surface area contributed by atoms with Gasteiger partial charge in [0, 0.05) is 17.7 Å². The Labute approximate surface area is 94.8 Å². The first kappa shape index (κ1) is 10.9. The van der Waals surface area contributed by atoms with Crippen LogP contribution >= 0.6 is 0 Å². The molecule has 1 fully saturated rings. The Morgan fingerprint density at radius 1 is 1.62 bits per heavy atom. The number of aliphatic carboxylic acids is 1. The zero-order valence-corrected chi connectivity index (χ0v) is 9.31. The fourth-order valence-corrected chi connectivity index (χ4v) is 1.84. The van der Waals surface area contributed by atoms with Gasteiger partial charge in [0.1, 0.15) is 0 Å². The van der Waals surface area contributed by atoms with E-state index in [1.807, 2.05) is 13.0 Å². The quantitative estimate of drug-likeness (QED) is 0.789. The predicted molar refractivity (Wildman–Crippen MR) is 62.1 cm³/mol.